The summed E-state index contributed by atoms with van der Waals surface area (Å²) in [5, 5.41) is 6.69. The fourth-order valence-electron chi connectivity index (χ4n) is 3.77. The molecule has 0 bridgehead atoms. The number of aromatic nitrogens is 4. The lowest BCUT2D eigenvalue weighted by Crippen LogP contribution is -2.27. The van der Waals surface area contributed by atoms with Crippen LogP contribution in [-0.4, -0.2) is 25.6 Å². The number of nitrogens with zero attached hydrogens (tertiary/aromatic N) is 4. The number of aryl methyl sites for hydroxylation is 2. The largest absolute Gasteiger partial charge is 0.341 e. The normalized spacial score (nSPS) is 12.8. The van der Waals surface area contributed by atoms with Crippen LogP contribution in [0.2, 0.25) is 0 Å². The van der Waals surface area contributed by atoms with Crippen LogP contribution in [-0.2, 0) is 12.5 Å². The Hall–Kier alpha value is -3.55. The minimum Gasteiger partial charge on any atom is -0.341 e. The van der Waals surface area contributed by atoms with Gasteiger partial charge in [0.05, 0.1) is 11.0 Å². The fourth-order valence-corrected chi connectivity index (χ4v) is 3.77. The first kappa shape index (κ1) is 21.7. The summed E-state index contributed by atoms with van der Waals surface area (Å²) >= 11 is 0. The van der Waals surface area contributed by atoms with E-state index in [0.29, 0.717) is 17.3 Å². The van der Waals surface area contributed by atoms with Crippen LogP contribution in [0, 0.1) is 12.7 Å². The molecule has 0 unspecified atom stereocenters. The van der Waals surface area contributed by atoms with E-state index in [1.54, 1.807) is 32.0 Å². The molecule has 8 heteroatoms. The third kappa shape index (κ3) is 4.00. The van der Waals surface area contributed by atoms with Gasteiger partial charge in [-0.1, -0.05) is 38.1 Å². The predicted octanol–water partition coefficient (Wildman–Crippen LogP) is 4.86. The number of rotatable bonds is 4. The summed E-state index contributed by atoms with van der Waals surface area (Å²) in [4.78, 5) is 22.2. The average Bonchev–Trinajstić information content (AvgIpc) is 3.31. The maximum atomic E-state index is 13.6. The van der Waals surface area contributed by atoms with Crippen LogP contribution in [0.4, 0.5) is 4.39 Å². The molecule has 0 saturated carbocycles. The van der Waals surface area contributed by atoms with Crippen molar-refractivity contribution in [2.24, 2.45) is 7.05 Å². The highest BCUT2D eigenvalue weighted by Gasteiger charge is 2.25. The molecule has 0 radical (unpaired) electrons. The van der Waals surface area contributed by atoms with Crippen molar-refractivity contribution in [2.45, 2.75) is 46.1 Å². The Kier molecular flexibility index (Phi) is 5.32. The molecule has 0 aliphatic heterocycles. The molecule has 166 valence electrons. The van der Waals surface area contributed by atoms with Crippen LogP contribution < -0.4 is 5.32 Å². The molecule has 1 atom stereocenters. The molecular formula is C24H26FN5O2. The summed E-state index contributed by atoms with van der Waals surface area (Å²) < 4.78 is 20.7. The standard InChI is InChI=1S/C24H26FN5O2/c1-13(22-27-14(2)29-32-22)26-21(31)16-11-18(15-7-9-17(25)10-8-15)20-19(12-16)30(6)23(28-20)24(3,4)5/h7-13H,1-6H3,(H,26,31)/t13-/m1/s1. The number of hydrogen-bond donors (Lipinski definition) is 1. The fraction of sp³-hybridized carbons (Fsp3) is 0.333. The number of benzene rings is 2. The van der Waals surface area contributed by atoms with E-state index in [2.05, 4.69) is 36.2 Å². The van der Waals surface area contributed by atoms with Crippen LogP contribution >= 0.6 is 0 Å². The number of carbonyl (C=O) groups excluding carboxylic acids is 1. The zero-order chi connectivity index (χ0) is 23.2. The van der Waals surface area contributed by atoms with Crippen molar-refractivity contribution in [1.29, 1.82) is 0 Å². The summed E-state index contributed by atoms with van der Waals surface area (Å²) in [6.07, 6.45) is 0. The van der Waals surface area contributed by atoms with Gasteiger partial charge in [0.1, 0.15) is 17.7 Å². The number of hydrogen-bond acceptors (Lipinski definition) is 5. The zero-order valence-electron chi connectivity index (χ0n) is 19.0. The molecule has 1 amide bonds. The third-order valence-electron chi connectivity index (χ3n) is 5.34. The number of amides is 1. The lowest BCUT2D eigenvalue weighted by molar-refractivity contribution is 0.0932. The maximum Gasteiger partial charge on any atom is 0.252 e. The van der Waals surface area contributed by atoms with Crippen molar-refractivity contribution in [3.8, 4) is 11.1 Å². The molecular weight excluding hydrogens is 409 g/mol. The summed E-state index contributed by atoms with van der Waals surface area (Å²) in [5.41, 5.74) is 3.40. The molecule has 0 spiro atoms. The first-order valence-corrected chi connectivity index (χ1v) is 10.4. The number of fused-ring (bicyclic) bond motifs is 1. The van der Waals surface area contributed by atoms with Gasteiger partial charge in [0, 0.05) is 23.6 Å². The van der Waals surface area contributed by atoms with Crippen LogP contribution in [0.3, 0.4) is 0 Å². The van der Waals surface area contributed by atoms with Gasteiger partial charge in [-0.25, -0.2) is 9.37 Å². The van der Waals surface area contributed by atoms with Gasteiger partial charge in [-0.2, -0.15) is 4.98 Å². The van der Waals surface area contributed by atoms with Crippen molar-refractivity contribution < 1.29 is 13.7 Å². The van der Waals surface area contributed by atoms with Crippen molar-refractivity contribution >= 4 is 16.9 Å². The molecule has 4 rings (SSSR count). The number of carbonyl (C=O) groups is 1. The van der Waals surface area contributed by atoms with Gasteiger partial charge in [0.25, 0.3) is 5.91 Å². The van der Waals surface area contributed by atoms with E-state index in [-0.39, 0.29) is 17.1 Å². The van der Waals surface area contributed by atoms with E-state index in [4.69, 9.17) is 9.51 Å². The quantitative estimate of drug-likeness (QED) is 0.495. The number of imidazole rings is 1. The van der Waals surface area contributed by atoms with E-state index in [0.717, 1.165) is 28.0 Å². The summed E-state index contributed by atoms with van der Waals surface area (Å²) in [7, 11) is 1.94. The van der Waals surface area contributed by atoms with Gasteiger partial charge in [-0.15, -0.1) is 0 Å². The third-order valence-corrected chi connectivity index (χ3v) is 5.34. The van der Waals surface area contributed by atoms with Crippen LogP contribution in [0.1, 0.15) is 61.6 Å². The van der Waals surface area contributed by atoms with Crippen LogP contribution in [0.15, 0.2) is 40.9 Å². The van der Waals surface area contributed by atoms with Crippen molar-refractivity contribution in [1.82, 2.24) is 25.0 Å². The summed E-state index contributed by atoms with van der Waals surface area (Å²) in [6.45, 7) is 9.78. The highest BCUT2D eigenvalue weighted by molar-refractivity contribution is 6.03. The van der Waals surface area contributed by atoms with Crippen LogP contribution in [0.5, 0.6) is 0 Å². The van der Waals surface area contributed by atoms with Crippen molar-refractivity contribution in [3.63, 3.8) is 0 Å². The average molecular weight is 436 g/mol. The zero-order valence-corrected chi connectivity index (χ0v) is 19.0. The second-order valence-electron chi connectivity index (χ2n) is 9.02. The van der Waals surface area contributed by atoms with E-state index in [1.165, 1.54) is 12.1 Å². The molecule has 4 aromatic rings. The Morgan fingerprint density at radius 2 is 1.84 bits per heavy atom. The molecule has 0 saturated heterocycles. The Bertz CT molecular complexity index is 1300. The Labute approximate surface area is 185 Å². The molecule has 2 aromatic heterocycles. The highest BCUT2D eigenvalue weighted by atomic mass is 19.1. The monoisotopic (exact) mass is 435 g/mol. The summed E-state index contributed by atoms with van der Waals surface area (Å²) in [6, 6.07) is 9.36. The highest BCUT2D eigenvalue weighted by Crippen LogP contribution is 2.33. The Morgan fingerprint density at radius 3 is 2.44 bits per heavy atom. The van der Waals surface area contributed by atoms with Gasteiger partial charge in [0.2, 0.25) is 5.89 Å². The first-order valence-electron chi connectivity index (χ1n) is 10.4. The SMILES string of the molecule is Cc1noc([C@@H](C)NC(=O)c2cc(-c3ccc(F)cc3)c3nc(C(C)(C)C)n(C)c3c2)n1. The van der Waals surface area contributed by atoms with Gasteiger partial charge in [-0.3, -0.25) is 4.79 Å². The van der Waals surface area contributed by atoms with E-state index >= 15 is 0 Å². The lowest BCUT2D eigenvalue weighted by atomic mass is 9.96. The van der Waals surface area contributed by atoms with E-state index in [1.807, 2.05) is 17.7 Å². The predicted molar refractivity (Wildman–Crippen MR) is 120 cm³/mol. The minimum absolute atomic E-state index is 0.194. The Morgan fingerprint density at radius 1 is 1.16 bits per heavy atom. The summed E-state index contributed by atoms with van der Waals surface area (Å²) in [5.74, 6) is 1.14. The second kappa shape index (κ2) is 7.85. The molecule has 0 fully saturated rings. The number of nitrogens with one attached hydrogen (secondary N) is 1. The molecule has 2 heterocycles. The van der Waals surface area contributed by atoms with Gasteiger partial charge < -0.3 is 14.4 Å². The molecule has 32 heavy (non-hydrogen) atoms. The van der Waals surface area contributed by atoms with Gasteiger partial charge in [0.15, 0.2) is 5.82 Å². The molecule has 7 nitrogen and oxygen atoms in total. The second-order valence-corrected chi connectivity index (χ2v) is 9.02. The maximum absolute atomic E-state index is 13.6. The topological polar surface area (TPSA) is 85.8 Å². The number of halogens is 1. The molecule has 0 aliphatic rings. The lowest BCUT2D eigenvalue weighted by Gasteiger charge is -2.17. The van der Waals surface area contributed by atoms with Gasteiger partial charge >= 0.3 is 0 Å². The smallest absolute Gasteiger partial charge is 0.252 e. The molecule has 2 aromatic carbocycles. The minimum atomic E-state index is -0.453. The van der Waals surface area contributed by atoms with Crippen molar-refractivity contribution in [3.05, 3.63) is 65.3 Å². The van der Waals surface area contributed by atoms with Crippen LogP contribution in [0.25, 0.3) is 22.2 Å². The van der Waals surface area contributed by atoms with Gasteiger partial charge in [-0.05, 0) is 43.7 Å². The van der Waals surface area contributed by atoms with Crippen molar-refractivity contribution in [2.75, 3.05) is 0 Å². The molecule has 0 aliphatic carbocycles. The van der Waals surface area contributed by atoms with E-state index in [9.17, 15) is 9.18 Å². The first-order chi connectivity index (χ1) is 15.0. The Balaban J connectivity index is 1.83. The van der Waals surface area contributed by atoms with E-state index < -0.39 is 6.04 Å². The molecule has 1 N–H and O–H groups in total.